The molecular formula is C12H19N5O6. The molecule has 0 saturated heterocycles. The second-order valence-corrected chi connectivity index (χ2v) is 4.71. The summed E-state index contributed by atoms with van der Waals surface area (Å²) in [6.45, 7) is -1.58. The maximum absolute atomic E-state index is 11.9. The van der Waals surface area contributed by atoms with E-state index in [0.717, 1.165) is 0 Å². The van der Waals surface area contributed by atoms with E-state index >= 15 is 0 Å². The number of hydrogen-bond donors (Lipinski definition) is 7. The van der Waals surface area contributed by atoms with Crippen LogP contribution in [0.2, 0.25) is 0 Å². The Kier molecular flexibility index (Phi) is 7.12. The van der Waals surface area contributed by atoms with E-state index in [0.29, 0.717) is 5.69 Å². The molecule has 0 aromatic carbocycles. The number of carbonyl (C=O) groups is 3. The number of carboxylic acid groups (broad SMARTS) is 1. The zero-order valence-corrected chi connectivity index (χ0v) is 12.1. The number of aliphatic carboxylic acids is 1. The largest absolute Gasteiger partial charge is 0.480 e. The molecule has 0 aliphatic carbocycles. The van der Waals surface area contributed by atoms with Gasteiger partial charge in [-0.15, -0.1) is 0 Å². The number of nitrogens with one attached hydrogen (secondary N) is 3. The molecule has 0 aliphatic rings. The van der Waals surface area contributed by atoms with Gasteiger partial charge >= 0.3 is 5.97 Å². The van der Waals surface area contributed by atoms with Gasteiger partial charge in [-0.2, -0.15) is 0 Å². The molecular weight excluding hydrogens is 310 g/mol. The van der Waals surface area contributed by atoms with Gasteiger partial charge in [0.25, 0.3) is 0 Å². The van der Waals surface area contributed by atoms with Gasteiger partial charge in [0.1, 0.15) is 12.1 Å². The zero-order valence-electron chi connectivity index (χ0n) is 12.1. The summed E-state index contributed by atoms with van der Waals surface area (Å²) in [6.07, 6.45) is 3.05. The Hall–Kier alpha value is -2.50. The summed E-state index contributed by atoms with van der Waals surface area (Å²) in [5, 5.41) is 30.9. The van der Waals surface area contributed by atoms with Crippen LogP contribution in [0.1, 0.15) is 5.69 Å². The molecule has 1 aromatic heterocycles. The van der Waals surface area contributed by atoms with Crippen molar-refractivity contribution in [2.75, 3.05) is 13.2 Å². The summed E-state index contributed by atoms with van der Waals surface area (Å²) in [6, 6.07) is -3.92. The lowest BCUT2D eigenvalue weighted by atomic mass is 10.1. The molecule has 0 aliphatic heterocycles. The first-order chi connectivity index (χ1) is 10.9. The van der Waals surface area contributed by atoms with Gasteiger partial charge in [-0.1, -0.05) is 0 Å². The second kappa shape index (κ2) is 8.82. The maximum Gasteiger partial charge on any atom is 0.328 e. The van der Waals surface area contributed by atoms with Gasteiger partial charge in [-0.25, -0.2) is 9.78 Å². The molecule has 128 valence electrons. The van der Waals surface area contributed by atoms with E-state index in [9.17, 15) is 14.4 Å². The van der Waals surface area contributed by atoms with Crippen LogP contribution in [0.15, 0.2) is 12.5 Å². The highest BCUT2D eigenvalue weighted by Crippen LogP contribution is 1.97. The number of carbonyl (C=O) groups excluding carboxylic acids is 2. The predicted octanol–water partition coefficient (Wildman–Crippen LogP) is -3.68. The zero-order chi connectivity index (χ0) is 17.4. The molecule has 11 heteroatoms. The normalized spacial score (nSPS) is 14.6. The number of hydrogen-bond acceptors (Lipinski definition) is 7. The second-order valence-electron chi connectivity index (χ2n) is 4.71. The number of H-pyrrole nitrogens is 1. The van der Waals surface area contributed by atoms with Crippen LogP contribution in [0.3, 0.4) is 0 Å². The standard InChI is InChI=1S/C12H19N5O6/c13-7(1-6-2-14-5-15-6)10(20)16-8(3-18)11(21)17-9(4-19)12(22)23/h2,5,7-9,18-19H,1,3-4,13H2,(H,14,15)(H,16,20)(H,17,21)(H,22,23). The number of rotatable bonds is 9. The number of imidazole rings is 1. The predicted molar refractivity (Wildman–Crippen MR) is 75.9 cm³/mol. The van der Waals surface area contributed by atoms with Crippen molar-refractivity contribution in [2.45, 2.75) is 24.5 Å². The molecule has 1 aromatic rings. The van der Waals surface area contributed by atoms with Crippen LogP contribution in [0.5, 0.6) is 0 Å². The first-order valence-electron chi connectivity index (χ1n) is 6.67. The van der Waals surface area contributed by atoms with Crippen molar-refractivity contribution in [3.05, 3.63) is 18.2 Å². The average Bonchev–Trinajstić information content (AvgIpc) is 3.02. The van der Waals surface area contributed by atoms with Crippen molar-refractivity contribution in [1.29, 1.82) is 0 Å². The van der Waals surface area contributed by atoms with E-state index in [1.54, 1.807) is 0 Å². The lowest BCUT2D eigenvalue weighted by Gasteiger charge is -2.20. The van der Waals surface area contributed by atoms with Crippen LogP contribution in [-0.4, -0.2) is 74.4 Å². The Morgan fingerprint density at radius 1 is 1.17 bits per heavy atom. The first-order valence-corrected chi connectivity index (χ1v) is 6.67. The highest BCUT2D eigenvalue weighted by Gasteiger charge is 2.27. The van der Waals surface area contributed by atoms with Crippen LogP contribution < -0.4 is 16.4 Å². The Morgan fingerprint density at radius 2 is 1.78 bits per heavy atom. The average molecular weight is 329 g/mol. The van der Waals surface area contributed by atoms with Gasteiger partial charge in [-0.05, 0) is 0 Å². The van der Waals surface area contributed by atoms with Crippen LogP contribution in [-0.2, 0) is 20.8 Å². The van der Waals surface area contributed by atoms with E-state index < -0.39 is 49.1 Å². The number of aromatic nitrogens is 2. The molecule has 3 atom stereocenters. The van der Waals surface area contributed by atoms with E-state index in [1.165, 1.54) is 12.5 Å². The molecule has 1 heterocycles. The summed E-state index contributed by atoms with van der Waals surface area (Å²) < 4.78 is 0. The molecule has 11 nitrogen and oxygen atoms in total. The summed E-state index contributed by atoms with van der Waals surface area (Å²) in [5.41, 5.74) is 6.29. The minimum atomic E-state index is -1.54. The molecule has 0 radical (unpaired) electrons. The third kappa shape index (κ3) is 5.65. The lowest BCUT2D eigenvalue weighted by Crippen LogP contribution is -2.56. The van der Waals surface area contributed by atoms with Crippen molar-refractivity contribution in [1.82, 2.24) is 20.6 Å². The van der Waals surface area contributed by atoms with Crippen LogP contribution in [0.25, 0.3) is 0 Å². The van der Waals surface area contributed by atoms with Crippen molar-refractivity contribution in [3.63, 3.8) is 0 Å². The first kappa shape index (κ1) is 18.5. The molecule has 1 rings (SSSR count). The van der Waals surface area contributed by atoms with E-state index in [1.807, 2.05) is 5.32 Å². The van der Waals surface area contributed by atoms with Crippen molar-refractivity contribution >= 4 is 17.8 Å². The summed E-state index contributed by atoms with van der Waals surface area (Å²) in [4.78, 5) is 41.0. The van der Waals surface area contributed by atoms with Crippen molar-refractivity contribution in [3.8, 4) is 0 Å². The highest BCUT2D eigenvalue weighted by atomic mass is 16.4. The number of aromatic amines is 1. The van der Waals surface area contributed by atoms with Crippen LogP contribution in [0.4, 0.5) is 0 Å². The van der Waals surface area contributed by atoms with E-state index in [4.69, 9.17) is 21.1 Å². The van der Waals surface area contributed by atoms with Crippen molar-refractivity contribution in [2.24, 2.45) is 5.73 Å². The third-order valence-electron chi connectivity index (χ3n) is 2.94. The summed E-state index contributed by atoms with van der Waals surface area (Å²) in [5.74, 6) is -3.10. The smallest absolute Gasteiger partial charge is 0.328 e. The third-order valence-corrected chi connectivity index (χ3v) is 2.94. The lowest BCUT2D eigenvalue weighted by molar-refractivity contribution is -0.143. The van der Waals surface area contributed by atoms with Gasteiger partial charge < -0.3 is 36.7 Å². The number of carboxylic acids is 1. The van der Waals surface area contributed by atoms with Crippen LogP contribution in [0, 0.1) is 0 Å². The molecule has 0 bridgehead atoms. The molecule has 3 unspecified atom stereocenters. The van der Waals surface area contributed by atoms with Crippen molar-refractivity contribution < 1.29 is 29.7 Å². The fourth-order valence-corrected chi connectivity index (χ4v) is 1.66. The minimum Gasteiger partial charge on any atom is -0.480 e. The van der Waals surface area contributed by atoms with Gasteiger partial charge in [0.15, 0.2) is 0 Å². The Morgan fingerprint density at radius 3 is 2.26 bits per heavy atom. The molecule has 23 heavy (non-hydrogen) atoms. The van der Waals surface area contributed by atoms with E-state index in [-0.39, 0.29) is 6.42 Å². The molecule has 0 spiro atoms. The van der Waals surface area contributed by atoms with Gasteiger partial charge in [-0.3, -0.25) is 9.59 Å². The topological polar surface area (TPSA) is 191 Å². The van der Waals surface area contributed by atoms with Gasteiger partial charge in [0.2, 0.25) is 11.8 Å². The Balaban J connectivity index is 2.58. The fourth-order valence-electron chi connectivity index (χ4n) is 1.66. The monoisotopic (exact) mass is 329 g/mol. The molecule has 0 fully saturated rings. The van der Waals surface area contributed by atoms with Crippen LogP contribution >= 0.6 is 0 Å². The minimum absolute atomic E-state index is 0.139. The fraction of sp³-hybridized carbons (Fsp3) is 0.500. The molecule has 2 amide bonds. The summed E-state index contributed by atoms with van der Waals surface area (Å²) in [7, 11) is 0. The number of nitrogens with two attached hydrogens (primary N) is 1. The Bertz CT molecular complexity index is 534. The number of aliphatic hydroxyl groups is 2. The molecule has 8 N–H and O–H groups in total. The number of amides is 2. The highest BCUT2D eigenvalue weighted by molar-refractivity contribution is 5.91. The quantitative estimate of drug-likeness (QED) is 0.241. The molecule has 0 saturated carbocycles. The van der Waals surface area contributed by atoms with Gasteiger partial charge in [0.05, 0.1) is 25.6 Å². The SMILES string of the molecule is NC(Cc1cnc[nH]1)C(=O)NC(CO)C(=O)NC(CO)C(=O)O. The van der Waals surface area contributed by atoms with E-state index in [2.05, 4.69) is 15.3 Å². The Labute approximate surface area is 130 Å². The number of nitrogens with zero attached hydrogens (tertiary/aromatic N) is 1. The summed E-state index contributed by atoms with van der Waals surface area (Å²) >= 11 is 0. The number of aliphatic hydroxyl groups excluding tert-OH is 2. The van der Waals surface area contributed by atoms with Gasteiger partial charge in [0, 0.05) is 18.3 Å². The maximum atomic E-state index is 11.9.